The van der Waals surface area contributed by atoms with Gasteiger partial charge < -0.3 is 19.7 Å². The van der Waals surface area contributed by atoms with Crippen molar-refractivity contribution in [2.24, 2.45) is 5.92 Å². The highest BCUT2D eigenvalue weighted by Crippen LogP contribution is 2.23. The lowest BCUT2D eigenvalue weighted by Crippen LogP contribution is -2.43. The lowest BCUT2D eigenvalue weighted by atomic mass is 9.97. The predicted molar refractivity (Wildman–Crippen MR) is 104 cm³/mol. The van der Waals surface area contributed by atoms with Crippen molar-refractivity contribution in [1.29, 1.82) is 0 Å². The summed E-state index contributed by atoms with van der Waals surface area (Å²) in [6.07, 6.45) is 4.60. The molecule has 2 rings (SSSR count). The lowest BCUT2D eigenvalue weighted by molar-refractivity contribution is -0.132. The summed E-state index contributed by atoms with van der Waals surface area (Å²) < 4.78 is 10.4. The average molecular weight is 381 g/mol. The second-order valence-corrected chi connectivity index (χ2v) is 7.39. The monoisotopic (exact) mass is 380 g/mol. The van der Waals surface area contributed by atoms with E-state index in [9.17, 15) is 9.59 Å². The molecule has 1 aliphatic heterocycles. The molecule has 0 aromatic heterocycles. The Labute approximate surface area is 159 Å². The molecule has 144 valence electrons. The number of hydrogen-bond donors (Lipinski definition) is 1. The maximum Gasteiger partial charge on any atom is 0.251 e. The minimum absolute atomic E-state index is 0.159. The summed E-state index contributed by atoms with van der Waals surface area (Å²) in [5, 5.41) is 2.98. The minimum atomic E-state index is -0.159. The van der Waals surface area contributed by atoms with E-state index in [-0.39, 0.29) is 11.8 Å². The number of piperidine rings is 1. The molecular weight excluding hydrogens is 352 g/mol. The largest absolute Gasteiger partial charge is 0.497 e. The van der Waals surface area contributed by atoms with Crippen molar-refractivity contribution in [3.8, 4) is 11.5 Å². The number of amides is 2. The van der Waals surface area contributed by atoms with E-state index in [4.69, 9.17) is 9.47 Å². The first-order valence-corrected chi connectivity index (χ1v) is 10.2. The van der Waals surface area contributed by atoms with Gasteiger partial charge in [0, 0.05) is 43.4 Å². The third-order valence-corrected chi connectivity index (χ3v) is 5.17. The van der Waals surface area contributed by atoms with Crippen LogP contribution in [0.2, 0.25) is 0 Å². The summed E-state index contributed by atoms with van der Waals surface area (Å²) in [4.78, 5) is 26.6. The number of hydrogen-bond acceptors (Lipinski definition) is 5. The molecule has 1 saturated heterocycles. The van der Waals surface area contributed by atoms with Crippen molar-refractivity contribution in [3.05, 3.63) is 23.8 Å². The molecule has 6 nitrogen and oxygen atoms in total. The molecule has 26 heavy (non-hydrogen) atoms. The van der Waals surface area contributed by atoms with Crippen LogP contribution in [-0.4, -0.2) is 62.6 Å². The molecule has 0 saturated carbocycles. The van der Waals surface area contributed by atoms with Crippen molar-refractivity contribution < 1.29 is 19.1 Å². The molecule has 0 aliphatic carbocycles. The van der Waals surface area contributed by atoms with E-state index in [1.807, 2.05) is 11.2 Å². The normalized spacial score (nSPS) is 16.9. The van der Waals surface area contributed by atoms with E-state index in [0.717, 1.165) is 31.7 Å². The van der Waals surface area contributed by atoms with Gasteiger partial charge in [0.1, 0.15) is 11.5 Å². The first-order valence-electron chi connectivity index (χ1n) is 8.85. The van der Waals surface area contributed by atoms with Crippen molar-refractivity contribution in [3.63, 3.8) is 0 Å². The van der Waals surface area contributed by atoms with Crippen LogP contribution in [0, 0.1) is 5.92 Å². The third kappa shape index (κ3) is 5.83. The van der Waals surface area contributed by atoms with Crippen LogP contribution in [0.15, 0.2) is 18.2 Å². The topological polar surface area (TPSA) is 67.9 Å². The van der Waals surface area contributed by atoms with Crippen LogP contribution >= 0.6 is 11.8 Å². The summed E-state index contributed by atoms with van der Waals surface area (Å²) in [5.74, 6) is 2.36. The molecular formula is C19H28N2O4S. The molecule has 1 atom stereocenters. The SMILES string of the molecule is COc1cc(OC)cc(C(=O)NC[C@H]2CCCN(C(=O)CCSC)C2)c1. The summed E-state index contributed by atoms with van der Waals surface area (Å²) in [7, 11) is 3.11. The molecule has 1 fully saturated rings. The first-order chi connectivity index (χ1) is 12.6. The Morgan fingerprint density at radius 3 is 2.54 bits per heavy atom. The Morgan fingerprint density at radius 2 is 1.92 bits per heavy atom. The maximum atomic E-state index is 12.5. The Balaban J connectivity index is 1.89. The van der Waals surface area contributed by atoms with Crippen LogP contribution in [0.25, 0.3) is 0 Å². The van der Waals surface area contributed by atoms with Gasteiger partial charge in [-0.15, -0.1) is 0 Å². The van der Waals surface area contributed by atoms with Crippen molar-refractivity contribution in [1.82, 2.24) is 10.2 Å². The molecule has 1 N–H and O–H groups in total. The predicted octanol–water partition coefficient (Wildman–Crippen LogP) is 2.43. The van der Waals surface area contributed by atoms with Crippen LogP contribution < -0.4 is 14.8 Å². The Bertz CT molecular complexity index is 601. The lowest BCUT2D eigenvalue weighted by Gasteiger charge is -2.33. The van der Waals surface area contributed by atoms with Crippen LogP contribution in [0.5, 0.6) is 11.5 Å². The molecule has 1 heterocycles. The van der Waals surface area contributed by atoms with Gasteiger partial charge in [0.05, 0.1) is 14.2 Å². The zero-order valence-electron chi connectivity index (χ0n) is 15.7. The molecule has 1 aliphatic rings. The summed E-state index contributed by atoms with van der Waals surface area (Å²) in [6, 6.07) is 5.12. The fraction of sp³-hybridized carbons (Fsp3) is 0.579. The van der Waals surface area contributed by atoms with Gasteiger partial charge in [-0.2, -0.15) is 11.8 Å². The number of nitrogens with one attached hydrogen (secondary N) is 1. The highest BCUT2D eigenvalue weighted by molar-refractivity contribution is 7.98. The fourth-order valence-corrected chi connectivity index (χ4v) is 3.46. The van der Waals surface area contributed by atoms with Crippen LogP contribution in [-0.2, 0) is 4.79 Å². The molecule has 7 heteroatoms. The number of ether oxygens (including phenoxy) is 2. The second-order valence-electron chi connectivity index (χ2n) is 6.40. The van der Waals surface area contributed by atoms with Gasteiger partial charge in [-0.3, -0.25) is 9.59 Å². The zero-order chi connectivity index (χ0) is 18.9. The van der Waals surface area contributed by atoms with Gasteiger partial charge >= 0.3 is 0 Å². The van der Waals surface area contributed by atoms with E-state index in [2.05, 4.69) is 5.32 Å². The standard InChI is InChI=1S/C19H28N2O4S/c1-24-16-9-15(10-17(11-16)25-2)19(23)20-12-14-5-4-7-21(13-14)18(22)6-8-26-3/h9-11,14H,4-8,12-13H2,1-3H3,(H,20,23)/t14-/m1/s1. The summed E-state index contributed by atoms with van der Waals surface area (Å²) >= 11 is 1.69. The molecule has 0 bridgehead atoms. The molecule has 1 aromatic carbocycles. The van der Waals surface area contributed by atoms with Gasteiger partial charge in [0.2, 0.25) is 5.91 Å². The van der Waals surface area contributed by atoms with E-state index >= 15 is 0 Å². The molecule has 0 spiro atoms. The molecule has 2 amide bonds. The number of thioether (sulfide) groups is 1. The van der Waals surface area contributed by atoms with E-state index < -0.39 is 0 Å². The number of carbonyl (C=O) groups is 2. The number of carbonyl (C=O) groups excluding carboxylic acids is 2. The van der Waals surface area contributed by atoms with Crippen LogP contribution in [0.3, 0.4) is 0 Å². The van der Waals surface area contributed by atoms with Gasteiger partial charge in [0.15, 0.2) is 0 Å². The molecule has 0 radical (unpaired) electrons. The number of rotatable bonds is 8. The summed E-state index contributed by atoms with van der Waals surface area (Å²) in [5.41, 5.74) is 0.505. The van der Waals surface area contributed by atoms with Gasteiger partial charge in [-0.25, -0.2) is 0 Å². The molecule has 0 unspecified atom stereocenters. The number of likely N-dealkylation sites (tertiary alicyclic amines) is 1. The first kappa shape index (κ1) is 20.4. The number of nitrogens with zero attached hydrogens (tertiary/aromatic N) is 1. The quantitative estimate of drug-likeness (QED) is 0.750. The highest BCUT2D eigenvalue weighted by atomic mass is 32.2. The van der Waals surface area contributed by atoms with Crippen LogP contribution in [0.1, 0.15) is 29.6 Å². The van der Waals surface area contributed by atoms with Crippen LogP contribution in [0.4, 0.5) is 0 Å². The minimum Gasteiger partial charge on any atom is -0.497 e. The van der Waals surface area contributed by atoms with Gasteiger partial charge in [-0.1, -0.05) is 0 Å². The number of methoxy groups -OCH3 is 2. The Hall–Kier alpha value is -1.89. The van der Waals surface area contributed by atoms with Gasteiger partial charge in [0.25, 0.3) is 5.91 Å². The fourth-order valence-electron chi connectivity index (χ4n) is 3.08. The van der Waals surface area contributed by atoms with E-state index in [1.54, 1.807) is 44.2 Å². The summed E-state index contributed by atoms with van der Waals surface area (Å²) in [6.45, 7) is 2.10. The highest BCUT2D eigenvalue weighted by Gasteiger charge is 2.23. The average Bonchev–Trinajstić information content (AvgIpc) is 2.69. The zero-order valence-corrected chi connectivity index (χ0v) is 16.6. The van der Waals surface area contributed by atoms with Crippen molar-refractivity contribution in [2.75, 3.05) is 45.9 Å². The maximum absolute atomic E-state index is 12.5. The third-order valence-electron chi connectivity index (χ3n) is 4.56. The number of benzene rings is 1. The Kier molecular flexibility index (Phi) is 8.09. The van der Waals surface area contributed by atoms with E-state index in [0.29, 0.717) is 35.9 Å². The second kappa shape index (κ2) is 10.3. The smallest absolute Gasteiger partial charge is 0.251 e. The van der Waals surface area contributed by atoms with Gasteiger partial charge in [-0.05, 0) is 37.1 Å². The van der Waals surface area contributed by atoms with E-state index in [1.165, 1.54) is 0 Å². The Morgan fingerprint density at radius 1 is 1.23 bits per heavy atom. The molecule has 1 aromatic rings. The van der Waals surface area contributed by atoms with Crippen molar-refractivity contribution in [2.45, 2.75) is 19.3 Å². The van der Waals surface area contributed by atoms with Crippen molar-refractivity contribution >= 4 is 23.6 Å².